The van der Waals surface area contributed by atoms with E-state index in [-0.39, 0.29) is 11.9 Å². The molecule has 4 heteroatoms. The summed E-state index contributed by atoms with van der Waals surface area (Å²) in [5, 5.41) is 2.80. The normalized spacial score (nSPS) is 12.0. The van der Waals surface area contributed by atoms with Crippen LogP contribution in [0.5, 0.6) is 5.75 Å². The molecule has 1 aromatic carbocycles. The van der Waals surface area contributed by atoms with Crippen molar-refractivity contribution in [2.45, 2.75) is 19.9 Å². The molecule has 0 spiro atoms. The number of ether oxygens (including phenoxy) is 1. The molecular weight excluding hydrogens is 252 g/mol. The van der Waals surface area contributed by atoms with Gasteiger partial charge in [0.25, 0.3) is 0 Å². The van der Waals surface area contributed by atoms with Crippen LogP contribution in [0.4, 0.5) is 0 Å². The average molecular weight is 276 g/mol. The molecule has 20 heavy (non-hydrogen) atoms. The van der Waals surface area contributed by atoms with Crippen LogP contribution < -0.4 is 10.1 Å². The Morgan fingerprint density at radius 3 is 2.90 bits per heavy atom. The number of methoxy groups -OCH3 is 1. The minimum Gasteiger partial charge on any atom is -0.497 e. The fraction of sp³-hybridized carbons (Fsp3) is 0.438. The van der Waals surface area contributed by atoms with Crippen molar-refractivity contribution >= 4 is 5.91 Å². The number of amides is 1. The summed E-state index contributed by atoms with van der Waals surface area (Å²) in [5.74, 6) is 0.850. The summed E-state index contributed by atoms with van der Waals surface area (Å²) >= 11 is 0. The summed E-state index contributed by atoms with van der Waals surface area (Å²) in [6.07, 6.45) is 1.68. The van der Waals surface area contributed by atoms with Gasteiger partial charge >= 0.3 is 0 Å². The van der Waals surface area contributed by atoms with Crippen molar-refractivity contribution in [3.8, 4) is 5.75 Å². The number of benzene rings is 1. The highest BCUT2D eigenvalue weighted by Crippen LogP contribution is 2.23. The maximum Gasteiger partial charge on any atom is 0.234 e. The third-order valence-corrected chi connectivity index (χ3v) is 3.32. The highest BCUT2D eigenvalue weighted by molar-refractivity contribution is 5.78. The van der Waals surface area contributed by atoms with Crippen LogP contribution in [-0.2, 0) is 4.79 Å². The molecule has 0 bridgehead atoms. The fourth-order valence-corrected chi connectivity index (χ4v) is 2.06. The van der Waals surface area contributed by atoms with Gasteiger partial charge in [0.2, 0.25) is 5.91 Å². The molecule has 1 aromatic rings. The lowest BCUT2D eigenvalue weighted by molar-refractivity contribution is -0.122. The van der Waals surface area contributed by atoms with E-state index in [1.807, 2.05) is 18.2 Å². The topological polar surface area (TPSA) is 41.6 Å². The third kappa shape index (κ3) is 4.70. The monoisotopic (exact) mass is 276 g/mol. The van der Waals surface area contributed by atoms with E-state index in [9.17, 15) is 4.79 Å². The van der Waals surface area contributed by atoms with E-state index in [2.05, 4.69) is 36.7 Å². The Labute approximate surface area is 121 Å². The van der Waals surface area contributed by atoms with Crippen molar-refractivity contribution < 1.29 is 9.53 Å². The van der Waals surface area contributed by atoms with Gasteiger partial charge in [0.15, 0.2) is 0 Å². The lowest BCUT2D eigenvalue weighted by Gasteiger charge is -2.27. The largest absolute Gasteiger partial charge is 0.497 e. The van der Waals surface area contributed by atoms with Gasteiger partial charge in [-0.05, 0) is 31.2 Å². The highest BCUT2D eigenvalue weighted by Gasteiger charge is 2.17. The second kappa shape index (κ2) is 8.38. The van der Waals surface area contributed by atoms with Crippen LogP contribution in [0.15, 0.2) is 36.9 Å². The van der Waals surface area contributed by atoms with Gasteiger partial charge in [0, 0.05) is 12.6 Å². The van der Waals surface area contributed by atoms with Gasteiger partial charge in [0.1, 0.15) is 5.75 Å². The Morgan fingerprint density at radius 1 is 1.55 bits per heavy atom. The lowest BCUT2D eigenvalue weighted by atomic mass is 10.1. The molecule has 0 aliphatic rings. The van der Waals surface area contributed by atoms with Gasteiger partial charge in [-0.3, -0.25) is 9.69 Å². The molecule has 0 aromatic heterocycles. The highest BCUT2D eigenvalue weighted by atomic mass is 16.5. The number of nitrogens with zero attached hydrogens (tertiary/aromatic N) is 1. The zero-order valence-corrected chi connectivity index (χ0v) is 12.6. The minimum absolute atomic E-state index is 0.0153. The molecule has 4 nitrogen and oxygen atoms in total. The van der Waals surface area contributed by atoms with E-state index in [1.165, 1.54) is 0 Å². The Morgan fingerprint density at radius 2 is 2.30 bits per heavy atom. The van der Waals surface area contributed by atoms with Crippen molar-refractivity contribution in [3.05, 3.63) is 42.5 Å². The summed E-state index contributed by atoms with van der Waals surface area (Å²) < 4.78 is 5.24. The zero-order valence-electron chi connectivity index (χ0n) is 12.6. The van der Waals surface area contributed by atoms with E-state index < -0.39 is 0 Å². The molecule has 1 atom stereocenters. The molecule has 0 fully saturated rings. The van der Waals surface area contributed by atoms with Crippen LogP contribution in [0.25, 0.3) is 0 Å². The maximum absolute atomic E-state index is 11.8. The van der Waals surface area contributed by atoms with E-state index >= 15 is 0 Å². The summed E-state index contributed by atoms with van der Waals surface area (Å²) in [5.41, 5.74) is 1.14. The molecule has 0 radical (unpaired) electrons. The number of nitrogens with one attached hydrogen (secondary N) is 1. The van der Waals surface area contributed by atoms with Crippen molar-refractivity contribution in [1.29, 1.82) is 0 Å². The predicted octanol–water partition coefficient (Wildman–Crippen LogP) is 2.38. The molecule has 0 saturated carbocycles. The maximum atomic E-state index is 11.8. The van der Waals surface area contributed by atoms with Gasteiger partial charge in [-0.1, -0.05) is 25.1 Å². The van der Waals surface area contributed by atoms with Gasteiger partial charge in [0.05, 0.1) is 13.7 Å². The first-order valence-corrected chi connectivity index (χ1v) is 6.88. The Hall–Kier alpha value is -1.81. The summed E-state index contributed by atoms with van der Waals surface area (Å²) in [6, 6.07) is 8.11. The van der Waals surface area contributed by atoms with E-state index in [1.54, 1.807) is 13.2 Å². The number of hydrogen-bond donors (Lipinski definition) is 1. The molecular formula is C16H24N2O2. The number of hydrogen-bond acceptors (Lipinski definition) is 3. The van der Waals surface area contributed by atoms with E-state index in [0.29, 0.717) is 13.1 Å². The molecule has 0 aliphatic carbocycles. The van der Waals surface area contributed by atoms with Gasteiger partial charge in [-0.15, -0.1) is 6.58 Å². The molecule has 110 valence electrons. The molecule has 1 amide bonds. The second-order valence-electron chi connectivity index (χ2n) is 4.61. The average Bonchev–Trinajstić information content (AvgIpc) is 2.49. The SMILES string of the molecule is C=CCNC(=O)CN(CC)C(C)c1cccc(OC)c1. The molecule has 0 heterocycles. The number of carbonyl (C=O) groups excluding carboxylic acids is 1. The molecule has 1 N–H and O–H groups in total. The first-order valence-electron chi connectivity index (χ1n) is 6.88. The van der Waals surface area contributed by atoms with Gasteiger partial charge in [-0.2, -0.15) is 0 Å². The van der Waals surface area contributed by atoms with Gasteiger partial charge < -0.3 is 10.1 Å². The number of carbonyl (C=O) groups is 1. The second-order valence-corrected chi connectivity index (χ2v) is 4.61. The fourth-order valence-electron chi connectivity index (χ4n) is 2.06. The molecule has 1 rings (SSSR count). The first kappa shape index (κ1) is 16.2. The number of rotatable bonds is 8. The van der Waals surface area contributed by atoms with Crippen LogP contribution in [0, 0.1) is 0 Å². The Kier molecular flexibility index (Phi) is 6.81. The van der Waals surface area contributed by atoms with Crippen LogP contribution >= 0.6 is 0 Å². The minimum atomic E-state index is 0.0153. The molecule has 1 unspecified atom stereocenters. The van der Waals surface area contributed by atoms with Crippen molar-refractivity contribution in [2.24, 2.45) is 0 Å². The van der Waals surface area contributed by atoms with Gasteiger partial charge in [-0.25, -0.2) is 0 Å². The van der Waals surface area contributed by atoms with Crippen LogP contribution in [0.3, 0.4) is 0 Å². The summed E-state index contributed by atoms with van der Waals surface area (Å²) in [7, 11) is 1.66. The number of likely N-dealkylation sites (N-methyl/N-ethyl adjacent to an activating group) is 1. The smallest absolute Gasteiger partial charge is 0.234 e. The third-order valence-electron chi connectivity index (χ3n) is 3.32. The standard InChI is InChI=1S/C16H24N2O2/c1-5-10-17-16(19)12-18(6-2)13(3)14-8-7-9-15(11-14)20-4/h5,7-9,11,13H,1,6,10,12H2,2-4H3,(H,17,19). The van der Waals surface area contributed by atoms with Crippen molar-refractivity contribution in [2.75, 3.05) is 26.7 Å². The van der Waals surface area contributed by atoms with Crippen LogP contribution in [0.1, 0.15) is 25.5 Å². The predicted molar refractivity (Wildman–Crippen MR) is 81.9 cm³/mol. The van der Waals surface area contributed by atoms with E-state index in [4.69, 9.17) is 4.74 Å². The zero-order chi connectivity index (χ0) is 15.0. The quantitative estimate of drug-likeness (QED) is 0.741. The first-order chi connectivity index (χ1) is 9.62. The van der Waals surface area contributed by atoms with Crippen LogP contribution in [0.2, 0.25) is 0 Å². The summed E-state index contributed by atoms with van der Waals surface area (Å²) in [4.78, 5) is 13.9. The molecule has 0 aliphatic heterocycles. The van der Waals surface area contributed by atoms with Crippen molar-refractivity contribution in [3.63, 3.8) is 0 Å². The van der Waals surface area contributed by atoms with E-state index in [0.717, 1.165) is 17.9 Å². The summed E-state index contributed by atoms with van der Waals surface area (Å²) in [6.45, 7) is 9.43. The van der Waals surface area contributed by atoms with Crippen LogP contribution in [-0.4, -0.2) is 37.6 Å². The van der Waals surface area contributed by atoms with Crippen molar-refractivity contribution in [1.82, 2.24) is 10.2 Å². The Bertz CT molecular complexity index is 446. The molecule has 0 saturated heterocycles. The Balaban J connectivity index is 2.72. The lowest BCUT2D eigenvalue weighted by Crippen LogP contribution is -2.38.